The van der Waals surface area contributed by atoms with Crippen molar-refractivity contribution < 1.29 is 9.53 Å². The topological polar surface area (TPSA) is 81.1 Å². The molecular formula is C23H27N5O2. The van der Waals surface area contributed by atoms with Crippen molar-refractivity contribution >= 4 is 11.7 Å². The highest BCUT2D eigenvalue weighted by atomic mass is 16.5. The van der Waals surface area contributed by atoms with Crippen LogP contribution in [-0.2, 0) is 19.4 Å². The van der Waals surface area contributed by atoms with Gasteiger partial charge in [-0.25, -0.2) is 4.79 Å². The molecule has 7 nitrogen and oxygen atoms in total. The Morgan fingerprint density at radius 3 is 2.73 bits per heavy atom. The van der Waals surface area contributed by atoms with Gasteiger partial charge in [0.25, 0.3) is 0 Å². The Labute approximate surface area is 176 Å². The summed E-state index contributed by atoms with van der Waals surface area (Å²) >= 11 is 0. The molecule has 30 heavy (non-hydrogen) atoms. The van der Waals surface area contributed by atoms with Crippen LogP contribution in [0.4, 0.5) is 10.5 Å². The molecule has 156 valence electrons. The average Bonchev–Trinajstić information content (AvgIpc) is 3.15. The second kappa shape index (κ2) is 9.43. The lowest BCUT2D eigenvalue weighted by Crippen LogP contribution is -2.32. The summed E-state index contributed by atoms with van der Waals surface area (Å²) in [5, 5.41) is 10.6. The molecule has 2 aromatic heterocycles. The Hall–Kier alpha value is -3.35. The van der Waals surface area contributed by atoms with E-state index < -0.39 is 0 Å². The average molecular weight is 406 g/mol. The van der Waals surface area contributed by atoms with Crippen molar-refractivity contribution in [2.24, 2.45) is 0 Å². The van der Waals surface area contributed by atoms with Gasteiger partial charge in [-0.05, 0) is 69.0 Å². The Bertz CT molecular complexity index is 983. The van der Waals surface area contributed by atoms with Gasteiger partial charge in [0, 0.05) is 29.7 Å². The van der Waals surface area contributed by atoms with Gasteiger partial charge in [-0.15, -0.1) is 0 Å². The molecule has 1 aliphatic rings. The van der Waals surface area contributed by atoms with E-state index in [9.17, 15) is 4.79 Å². The van der Waals surface area contributed by atoms with Crippen molar-refractivity contribution in [2.75, 3.05) is 18.5 Å². The van der Waals surface area contributed by atoms with Crippen LogP contribution in [0.3, 0.4) is 0 Å². The highest BCUT2D eigenvalue weighted by Gasteiger charge is 2.22. The van der Waals surface area contributed by atoms with Gasteiger partial charge < -0.3 is 15.4 Å². The molecule has 0 spiro atoms. The third-order valence-corrected chi connectivity index (χ3v) is 5.20. The van der Waals surface area contributed by atoms with Crippen molar-refractivity contribution in [3.8, 4) is 17.1 Å². The minimum Gasteiger partial charge on any atom is -0.494 e. The molecule has 2 heterocycles. The highest BCUT2D eigenvalue weighted by Crippen LogP contribution is 2.30. The predicted octanol–water partition coefficient (Wildman–Crippen LogP) is 4.04. The molecule has 1 aromatic carbocycles. The summed E-state index contributed by atoms with van der Waals surface area (Å²) in [6.45, 7) is 3.69. The highest BCUT2D eigenvalue weighted by molar-refractivity contribution is 5.89. The number of carbonyl (C=O) groups excluding carboxylic acids is 1. The summed E-state index contributed by atoms with van der Waals surface area (Å²) in [4.78, 5) is 16.7. The lowest BCUT2D eigenvalue weighted by atomic mass is 9.95. The molecule has 4 rings (SSSR count). The lowest BCUT2D eigenvalue weighted by molar-refractivity contribution is 0.251. The molecule has 1 aliphatic carbocycles. The van der Waals surface area contributed by atoms with Crippen molar-refractivity contribution in [1.82, 2.24) is 20.1 Å². The predicted molar refractivity (Wildman–Crippen MR) is 117 cm³/mol. The third kappa shape index (κ3) is 4.62. The number of aromatic nitrogens is 3. The smallest absolute Gasteiger partial charge is 0.319 e. The number of nitrogens with one attached hydrogen (secondary N) is 2. The van der Waals surface area contributed by atoms with E-state index in [0.29, 0.717) is 19.7 Å². The van der Waals surface area contributed by atoms with Crippen LogP contribution in [0.15, 0.2) is 48.7 Å². The molecular weight excluding hydrogens is 378 g/mol. The maximum atomic E-state index is 12.2. The Kier molecular flexibility index (Phi) is 6.27. The summed E-state index contributed by atoms with van der Waals surface area (Å²) < 4.78 is 7.45. The van der Waals surface area contributed by atoms with E-state index in [0.717, 1.165) is 35.7 Å². The number of ether oxygens (including phenoxy) is 1. The SMILES string of the molecule is CCOc1ccc(NC(=O)NCCn2nc(-c3ccccn3)c3c2CCCC3)cc1. The quantitative estimate of drug-likeness (QED) is 0.622. The second-order valence-corrected chi connectivity index (χ2v) is 7.26. The van der Waals surface area contributed by atoms with E-state index in [-0.39, 0.29) is 6.03 Å². The normalized spacial score (nSPS) is 12.8. The zero-order chi connectivity index (χ0) is 20.8. The maximum absolute atomic E-state index is 12.2. The van der Waals surface area contributed by atoms with E-state index in [4.69, 9.17) is 9.84 Å². The minimum atomic E-state index is -0.231. The molecule has 3 aromatic rings. The zero-order valence-corrected chi connectivity index (χ0v) is 17.2. The van der Waals surface area contributed by atoms with Crippen molar-refractivity contribution in [3.05, 3.63) is 59.9 Å². The van der Waals surface area contributed by atoms with Gasteiger partial charge in [-0.1, -0.05) is 6.07 Å². The van der Waals surface area contributed by atoms with Gasteiger partial charge >= 0.3 is 6.03 Å². The van der Waals surface area contributed by atoms with E-state index in [1.807, 2.05) is 54.1 Å². The van der Waals surface area contributed by atoms with Gasteiger partial charge in [-0.3, -0.25) is 9.67 Å². The first kappa shape index (κ1) is 19.9. The van der Waals surface area contributed by atoms with Crippen LogP contribution >= 0.6 is 0 Å². The molecule has 2 amide bonds. The Morgan fingerprint density at radius 2 is 1.97 bits per heavy atom. The number of urea groups is 1. The van der Waals surface area contributed by atoms with Crippen molar-refractivity contribution in [1.29, 1.82) is 0 Å². The molecule has 0 saturated heterocycles. The monoisotopic (exact) mass is 405 g/mol. The van der Waals surface area contributed by atoms with Crippen LogP contribution in [0.2, 0.25) is 0 Å². The fourth-order valence-corrected chi connectivity index (χ4v) is 3.82. The number of hydrogen-bond donors (Lipinski definition) is 2. The van der Waals surface area contributed by atoms with Gasteiger partial charge in [-0.2, -0.15) is 5.10 Å². The number of hydrogen-bond acceptors (Lipinski definition) is 4. The van der Waals surface area contributed by atoms with Gasteiger partial charge in [0.2, 0.25) is 0 Å². The summed E-state index contributed by atoms with van der Waals surface area (Å²) in [6, 6.07) is 13.0. The van der Waals surface area contributed by atoms with Crippen molar-refractivity contribution in [2.45, 2.75) is 39.2 Å². The molecule has 0 aliphatic heterocycles. The Balaban J connectivity index is 1.37. The summed E-state index contributed by atoms with van der Waals surface area (Å²) in [7, 11) is 0. The summed E-state index contributed by atoms with van der Waals surface area (Å²) in [5.74, 6) is 0.788. The number of pyridine rings is 1. The van der Waals surface area contributed by atoms with Crippen LogP contribution in [0.5, 0.6) is 5.75 Å². The molecule has 0 unspecified atom stereocenters. The van der Waals surface area contributed by atoms with Crippen LogP contribution in [0.1, 0.15) is 31.0 Å². The number of carbonyl (C=O) groups is 1. The number of benzene rings is 1. The number of fused-ring (bicyclic) bond motifs is 1. The van der Waals surface area contributed by atoms with E-state index in [2.05, 4.69) is 15.6 Å². The molecule has 0 fully saturated rings. The van der Waals surface area contributed by atoms with Crippen LogP contribution in [-0.4, -0.2) is 33.9 Å². The minimum absolute atomic E-state index is 0.231. The number of nitrogens with zero attached hydrogens (tertiary/aromatic N) is 3. The zero-order valence-electron chi connectivity index (χ0n) is 17.2. The van der Waals surface area contributed by atoms with Crippen molar-refractivity contribution in [3.63, 3.8) is 0 Å². The molecule has 0 saturated carbocycles. The van der Waals surface area contributed by atoms with E-state index in [1.165, 1.54) is 24.1 Å². The lowest BCUT2D eigenvalue weighted by Gasteiger charge is -2.14. The molecule has 0 bridgehead atoms. The van der Waals surface area contributed by atoms with Crippen LogP contribution < -0.4 is 15.4 Å². The molecule has 2 N–H and O–H groups in total. The molecule has 0 atom stereocenters. The fraction of sp³-hybridized carbons (Fsp3) is 0.348. The van der Waals surface area contributed by atoms with Crippen LogP contribution in [0.25, 0.3) is 11.4 Å². The first-order valence-corrected chi connectivity index (χ1v) is 10.5. The largest absolute Gasteiger partial charge is 0.494 e. The molecule has 0 radical (unpaired) electrons. The summed E-state index contributed by atoms with van der Waals surface area (Å²) in [6.07, 6.45) is 6.21. The Morgan fingerprint density at radius 1 is 1.13 bits per heavy atom. The first-order valence-electron chi connectivity index (χ1n) is 10.5. The van der Waals surface area contributed by atoms with E-state index >= 15 is 0 Å². The van der Waals surface area contributed by atoms with Gasteiger partial charge in [0.05, 0.1) is 18.8 Å². The fourth-order valence-electron chi connectivity index (χ4n) is 3.82. The molecule has 7 heteroatoms. The van der Waals surface area contributed by atoms with Crippen LogP contribution in [0, 0.1) is 0 Å². The number of rotatable bonds is 7. The number of amides is 2. The summed E-state index contributed by atoms with van der Waals surface area (Å²) in [5.41, 5.74) is 5.19. The van der Waals surface area contributed by atoms with Gasteiger partial charge in [0.1, 0.15) is 11.4 Å². The number of anilines is 1. The second-order valence-electron chi connectivity index (χ2n) is 7.26. The van der Waals surface area contributed by atoms with E-state index in [1.54, 1.807) is 6.20 Å². The standard InChI is InChI=1S/C23H27N5O2/c1-2-30-18-12-10-17(11-13-18)26-23(29)25-15-16-28-21-9-4-3-7-19(21)22(27-28)20-8-5-6-14-24-20/h5-6,8,10-14H,2-4,7,9,15-16H2,1H3,(H2,25,26,29). The third-order valence-electron chi connectivity index (χ3n) is 5.20. The maximum Gasteiger partial charge on any atom is 0.319 e. The van der Waals surface area contributed by atoms with Gasteiger partial charge in [0.15, 0.2) is 0 Å². The first-order chi connectivity index (χ1) is 14.7.